The molecule has 1 aliphatic carbocycles. The van der Waals surface area contributed by atoms with Crippen molar-refractivity contribution >= 4 is 5.97 Å². The molecule has 1 saturated carbocycles. The van der Waals surface area contributed by atoms with Crippen molar-refractivity contribution in [2.75, 3.05) is 6.54 Å². The fourth-order valence-electron chi connectivity index (χ4n) is 3.79. The zero-order chi connectivity index (χ0) is 14.7. The van der Waals surface area contributed by atoms with E-state index < -0.39 is 0 Å². The Morgan fingerprint density at radius 1 is 1.33 bits per heavy atom. The molecule has 0 spiro atoms. The summed E-state index contributed by atoms with van der Waals surface area (Å²) in [6.45, 7) is 2.87. The Labute approximate surface area is 127 Å². The lowest BCUT2D eigenvalue weighted by atomic mass is 9.74. The van der Waals surface area contributed by atoms with E-state index in [1.165, 1.54) is 37.7 Å². The van der Waals surface area contributed by atoms with Crippen LogP contribution >= 0.6 is 0 Å². The van der Waals surface area contributed by atoms with Crippen molar-refractivity contribution in [3.05, 3.63) is 29.8 Å². The first kappa shape index (κ1) is 14.6. The van der Waals surface area contributed by atoms with Gasteiger partial charge >= 0.3 is 5.97 Å². The highest BCUT2D eigenvalue weighted by Gasteiger charge is 2.32. The molecular weight excluding hydrogens is 262 g/mol. The molecule has 1 N–H and O–H groups in total. The van der Waals surface area contributed by atoms with Gasteiger partial charge in [-0.25, -0.2) is 0 Å². The van der Waals surface area contributed by atoms with Gasteiger partial charge in [-0.15, -0.1) is 0 Å². The molecule has 2 fully saturated rings. The van der Waals surface area contributed by atoms with Crippen LogP contribution in [0.4, 0.5) is 0 Å². The topological polar surface area (TPSA) is 38.3 Å². The van der Waals surface area contributed by atoms with E-state index in [1.54, 1.807) is 0 Å². The van der Waals surface area contributed by atoms with E-state index >= 15 is 0 Å². The van der Waals surface area contributed by atoms with Crippen molar-refractivity contribution in [1.82, 2.24) is 5.32 Å². The van der Waals surface area contributed by atoms with Gasteiger partial charge in [0.05, 0.1) is 0 Å². The molecule has 0 radical (unpaired) electrons. The van der Waals surface area contributed by atoms with Crippen molar-refractivity contribution in [3.63, 3.8) is 0 Å². The van der Waals surface area contributed by atoms with Gasteiger partial charge in [0.1, 0.15) is 5.75 Å². The van der Waals surface area contributed by atoms with Gasteiger partial charge in [0.2, 0.25) is 0 Å². The molecule has 21 heavy (non-hydrogen) atoms. The minimum Gasteiger partial charge on any atom is -0.427 e. The van der Waals surface area contributed by atoms with Crippen LogP contribution in [0, 0.1) is 5.92 Å². The highest BCUT2D eigenvalue weighted by Crippen LogP contribution is 2.37. The van der Waals surface area contributed by atoms with Crippen molar-refractivity contribution < 1.29 is 9.53 Å². The molecule has 0 amide bonds. The number of ether oxygens (including phenoxy) is 1. The van der Waals surface area contributed by atoms with Crippen molar-refractivity contribution in [3.8, 4) is 5.75 Å². The first-order valence-corrected chi connectivity index (χ1v) is 8.30. The second-order valence-corrected chi connectivity index (χ2v) is 6.39. The highest BCUT2D eigenvalue weighted by molar-refractivity contribution is 5.71. The largest absolute Gasteiger partial charge is 0.427 e. The van der Waals surface area contributed by atoms with E-state index in [4.69, 9.17) is 4.74 Å². The van der Waals surface area contributed by atoms with E-state index in [9.17, 15) is 4.79 Å². The zero-order valence-corrected chi connectivity index (χ0v) is 12.8. The molecule has 2 aliphatic rings. The number of rotatable bonds is 3. The first-order valence-electron chi connectivity index (χ1n) is 8.30. The van der Waals surface area contributed by atoms with Crippen molar-refractivity contribution in [1.29, 1.82) is 0 Å². The monoisotopic (exact) mass is 287 g/mol. The smallest absolute Gasteiger partial charge is 0.310 e. The molecule has 1 saturated heterocycles. The van der Waals surface area contributed by atoms with Crippen LogP contribution in [0.15, 0.2) is 24.3 Å². The minimum atomic E-state index is -0.165. The maximum atomic E-state index is 11.4. The van der Waals surface area contributed by atoms with E-state index in [0.717, 1.165) is 18.5 Å². The lowest BCUT2D eigenvalue weighted by molar-refractivity contribution is -0.134. The van der Waals surface area contributed by atoms with Crippen molar-refractivity contribution in [2.24, 2.45) is 5.92 Å². The summed E-state index contributed by atoms with van der Waals surface area (Å²) in [6, 6.07) is 8.81. The molecule has 1 aromatic carbocycles. The zero-order valence-electron chi connectivity index (χ0n) is 12.8. The molecule has 3 atom stereocenters. The third-order valence-electron chi connectivity index (χ3n) is 4.97. The molecule has 0 bridgehead atoms. The van der Waals surface area contributed by atoms with Gasteiger partial charge < -0.3 is 10.1 Å². The summed E-state index contributed by atoms with van der Waals surface area (Å²) in [5, 5.41) is 3.73. The summed E-state index contributed by atoms with van der Waals surface area (Å²) < 4.78 is 5.34. The number of carbonyl (C=O) groups excluding carboxylic acids is 1. The molecular formula is C18H25NO2. The molecule has 114 valence electrons. The number of carbonyl (C=O) groups is 1. The molecule has 1 heterocycles. The number of nitrogens with one attached hydrogen (secondary N) is 1. The van der Waals surface area contributed by atoms with E-state index in [1.807, 2.05) is 25.1 Å². The summed E-state index contributed by atoms with van der Waals surface area (Å²) in [4.78, 5) is 11.4. The third-order valence-corrected chi connectivity index (χ3v) is 4.97. The Hall–Kier alpha value is -1.35. The van der Waals surface area contributed by atoms with Crippen LogP contribution in [-0.2, 0) is 4.79 Å². The third kappa shape index (κ3) is 3.46. The first-order chi connectivity index (χ1) is 10.3. The molecule has 3 nitrogen and oxygen atoms in total. The van der Waals surface area contributed by atoms with Crippen LogP contribution in [0.2, 0.25) is 0 Å². The fraction of sp³-hybridized carbons (Fsp3) is 0.611. The summed E-state index contributed by atoms with van der Waals surface area (Å²) in [5.74, 6) is 1.88. The molecule has 3 rings (SSSR count). The molecule has 3 unspecified atom stereocenters. The lowest BCUT2D eigenvalue weighted by Crippen LogP contribution is -2.46. The average Bonchev–Trinajstić information content (AvgIpc) is 2.54. The number of hydrogen-bond donors (Lipinski definition) is 1. The Bertz CT molecular complexity index is 500. The Balaban J connectivity index is 1.69. The number of hydrogen-bond acceptors (Lipinski definition) is 3. The molecule has 1 aliphatic heterocycles. The molecule has 3 heteroatoms. The maximum Gasteiger partial charge on any atom is 0.310 e. The fourth-order valence-corrected chi connectivity index (χ4v) is 3.79. The van der Waals surface area contributed by atoms with Gasteiger partial charge in [-0.1, -0.05) is 31.9 Å². The van der Waals surface area contributed by atoms with Crippen LogP contribution in [0.1, 0.15) is 56.9 Å². The van der Waals surface area contributed by atoms with Gasteiger partial charge in [0.25, 0.3) is 0 Å². The Morgan fingerprint density at radius 2 is 2.19 bits per heavy atom. The predicted molar refractivity (Wildman–Crippen MR) is 83.5 cm³/mol. The van der Waals surface area contributed by atoms with Gasteiger partial charge in [0.15, 0.2) is 0 Å². The van der Waals surface area contributed by atoms with Gasteiger partial charge in [0, 0.05) is 19.0 Å². The van der Waals surface area contributed by atoms with Crippen molar-refractivity contribution in [2.45, 2.75) is 57.4 Å². The minimum absolute atomic E-state index is 0.165. The molecule has 0 aromatic heterocycles. The summed E-state index contributed by atoms with van der Waals surface area (Å²) in [5.41, 5.74) is 1.30. The number of benzene rings is 1. The van der Waals surface area contributed by atoms with E-state index in [-0.39, 0.29) is 5.97 Å². The highest BCUT2D eigenvalue weighted by atomic mass is 16.5. The molecule has 1 aromatic rings. The van der Waals surface area contributed by atoms with Gasteiger partial charge in [-0.05, 0) is 48.8 Å². The van der Waals surface area contributed by atoms with Crippen LogP contribution in [-0.4, -0.2) is 18.6 Å². The Kier molecular flexibility index (Phi) is 4.59. The Morgan fingerprint density at radius 3 is 3.05 bits per heavy atom. The summed E-state index contributed by atoms with van der Waals surface area (Å²) in [7, 11) is 0. The number of fused-ring (bicyclic) bond motifs is 1. The van der Waals surface area contributed by atoms with E-state index in [0.29, 0.717) is 18.1 Å². The van der Waals surface area contributed by atoms with E-state index in [2.05, 4.69) is 11.4 Å². The maximum absolute atomic E-state index is 11.4. The predicted octanol–water partition coefficient (Wildman–Crippen LogP) is 3.64. The van der Waals surface area contributed by atoms with Crippen LogP contribution in [0.3, 0.4) is 0 Å². The van der Waals surface area contributed by atoms with Crippen LogP contribution < -0.4 is 10.1 Å². The normalized spacial score (nSPS) is 28.7. The second-order valence-electron chi connectivity index (χ2n) is 6.39. The van der Waals surface area contributed by atoms with Gasteiger partial charge in [-0.3, -0.25) is 4.79 Å². The van der Waals surface area contributed by atoms with Crippen LogP contribution in [0.5, 0.6) is 5.75 Å². The lowest BCUT2D eigenvalue weighted by Gasteiger charge is -2.40. The van der Waals surface area contributed by atoms with Crippen LogP contribution in [0.25, 0.3) is 0 Å². The second kappa shape index (κ2) is 6.61. The average molecular weight is 287 g/mol. The standard InChI is InChI=1S/C18H25NO2/c1-2-18(20)21-16-8-5-7-13(11-16)15-10-14-6-3-4-9-17(14)19-12-15/h5,7-8,11,14-15,17,19H,2-4,6,9-10,12H2,1H3. The SMILES string of the molecule is CCC(=O)Oc1cccc(C2CNC3CCCCC3C2)c1. The quantitative estimate of drug-likeness (QED) is 0.681. The summed E-state index contributed by atoms with van der Waals surface area (Å²) >= 11 is 0. The summed E-state index contributed by atoms with van der Waals surface area (Å²) in [6.07, 6.45) is 7.14. The number of esters is 1. The number of piperidine rings is 1. The van der Waals surface area contributed by atoms with Gasteiger partial charge in [-0.2, -0.15) is 0 Å².